The van der Waals surface area contributed by atoms with Crippen LogP contribution in [0.15, 0.2) is 71.3 Å². The maximum Gasteiger partial charge on any atom is 0.343 e. The molecule has 0 spiro atoms. The van der Waals surface area contributed by atoms with Crippen LogP contribution in [0.3, 0.4) is 0 Å². The Balaban J connectivity index is 0.000000257. The zero-order chi connectivity index (χ0) is 25.5. The third-order valence-corrected chi connectivity index (χ3v) is 3.91. The number of nitrogens with one attached hydrogen (secondary N) is 1. The van der Waals surface area contributed by atoms with Crippen LogP contribution in [-0.2, 0) is 4.79 Å². The highest BCUT2D eigenvalue weighted by molar-refractivity contribution is 7.80. The standard InChI is InChI=1S/C8H9FN2OS.C8H4NOS.C7H8FNO/c1-12-7-3-2-5(9)4-6(7)11-8(10)13;10-8(9-6-11)7-4-2-1-3-5-7;1-10-7-3-2-5(8)4-6(7)9/h2-4H,1H3,(H3,10,11,13);1-2,4-5H;2-4H,9H2,1H3/q;+1;. The number of halogens is 2. The molecule has 0 bridgehead atoms. The first-order chi connectivity index (χ1) is 16.2. The van der Waals surface area contributed by atoms with E-state index in [0.29, 0.717) is 28.4 Å². The molecule has 0 aliphatic heterocycles. The number of hydrogen-bond acceptors (Lipinski definition) is 6. The van der Waals surface area contributed by atoms with Crippen LogP contribution >= 0.6 is 24.4 Å². The molecule has 11 heteroatoms. The summed E-state index contributed by atoms with van der Waals surface area (Å²) in [5.74, 6) is -0.106. The normalized spacial score (nSPS) is 10.5. The number of nitrogens with zero attached hydrogens (tertiary/aromatic N) is 1. The van der Waals surface area contributed by atoms with Crippen molar-refractivity contribution >= 4 is 52.0 Å². The van der Waals surface area contributed by atoms with E-state index in [4.69, 9.17) is 20.9 Å². The van der Waals surface area contributed by atoms with Crippen LogP contribution in [0.1, 0.15) is 0 Å². The lowest BCUT2D eigenvalue weighted by Gasteiger charge is -2.08. The SMILES string of the molecule is COc1ccc(F)cc1N.COc1ccc(F)cc1NC(N)=S.O=C(N=C=S)C1=CC=C[C+]=C1. The van der Waals surface area contributed by atoms with Gasteiger partial charge in [0.15, 0.2) is 10.7 Å². The lowest BCUT2D eigenvalue weighted by Crippen LogP contribution is -2.19. The Hall–Kier alpha value is -4.01. The Bertz CT molecular complexity index is 1160. The number of benzene rings is 2. The monoisotopic (exact) mass is 503 g/mol. The van der Waals surface area contributed by atoms with Crippen LogP contribution in [0.2, 0.25) is 0 Å². The van der Waals surface area contributed by atoms with Gasteiger partial charge in [0.1, 0.15) is 35.3 Å². The van der Waals surface area contributed by atoms with Crippen LogP contribution in [0.5, 0.6) is 11.5 Å². The smallest absolute Gasteiger partial charge is 0.343 e. The number of ether oxygens (including phenoxy) is 2. The summed E-state index contributed by atoms with van der Waals surface area (Å²) in [5.41, 5.74) is 11.8. The van der Waals surface area contributed by atoms with E-state index in [1.165, 1.54) is 50.6 Å². The molecule has 1 aliphatic carbocycles. The van der Waals surface area contributed by atoms with Crippen LogP contribution in [-0.4, -0.2) is 30.4 Å². The second-order valence-electron chi connectivity index (χ2n) is 6.02. The summed E-state index contributed by atoms with van der Waals surface area (Å²) < 4.78 is 34.9. The summed E-state index contributed by atoms with van der Waals surface area (Å²) in [6.45, 7) is 0. The molecule has 1 amide bonds. The Labute approximate surface area is 206 Å². The fraction of sp³-hybridized carbons (Fsp3) is 0.0870. The molecule has 5 N–H and O–H groups in total. The highest BCUT2D eigenvalue weighted by Gasteiger charge is 2.12. The minimum atomic E-state index is -0.378. The first-order valence-electron chi connectivity index (χ1n) is 9.29. The molecule has 1 aliphatic rings. The van der Waals surface area contributed by atoms with E-state index >= 15 is 0 Å². The molecule has 0 atom stereocenters. The number of anilines is 2. The quantitative estimate of drug-likeness (QED) is 0.244. The van der Waals surface area contributed by atoms with E-state index in [9.17, 15) is 13.6 Å². The predicted octanol–water partition coefficient (Wildman–Crippen LogP) is 4.38. The van der Waals surface area contributed by atoms with E-state index in [2.05, 4.69) is 40.8 Å². The zero-order valence-corrected chi connectivity index (χ0v) is 19.8. The van der Waals surface area contributed by atoms with E-state index in [1.807, 2.05) is 5.16 Å². The summed E-state index contributed by atoms with van der Waals surface area (Å²) in [6, 6.07) is 8.07. The number of thiocarbonyl (C=S) groups is 2. The van der Waals surface area contributed by atoms with Crippen molar-refractivity contribution in [3.8, 4) is 11.5 Å². The predicted molar refractivity (Wildman–Crippen MR) is 136 cm³/mol. The fourth-order valence-corrected chi connectivity index (χ4v) is 2.44. The number of rotatable bonds is 4. The second-order valence-corrected chi connectivity index (χ2v) is 6.64. The number of allylic oxidation sites excluding steroid dienone is 4. The topological polar surface area (TPSA) is 112 Å². The summed E-state index contributed by atoms with van der Waals surface area (Å²) >= 11 is 8.90. The van der Waals surface area contributed by atoms with Crippen molar-refractivity contribution < 1.29 is 23.0 Å². The van der Waals surface area contributed by atoms with Gasteiger partial charge in [0, 0.05) is 24.3 Å². The van der Waals surface area contributed by atoms with Gasteiger partial charge >= 0.3 is 5.91 Å². The van der Waals surface area contributed by atoms with Gasteiger partial charge in [-0.2, -0.15) is 0 Å². The third kappa shape index (κ3) is 10.1. The molecule has 0 fully saturated rings. The van der Waals surface area contributed by atoms with Gasteiger partial charge in [0.05, 0.1) is 36.8 Å². The molecule has 2 aromatic carbocycles. The molecule has 3 rings (SSSR count). The van der Waals surface area contributed by atoms with Crippen LogP contribution < -0.4 is 26.3 Å². The lowest BCUT2D eigenvalue weighted by molar-refractivity contribution is -0.114. The first-order valence-corrected chi connectivity index (χ1v) is 10.1. The molecule has 2 aromatic rings. The number of amides is 1. The molecule has 7 nitrogen and oxygen atoms in total. The number of carbonyl (C=O) groups excluding carboxylic acids is 1. The lowest BCUT2D eigenvalue weighted by atomic mass is 10.1. The van der Waals surface area contributed by atoms with Crippen molar-refractivity contribution in [1.29, 1.82) is 0 Å². The Morgan fingerprint density at radius 1 is 1.12 bits per heavy atom. The molecule has 0 radical (unpaired) electrons. The van der Waals surface area contributed by atoms with Crippen LogP contribution in [0.4, 0.5) is 20.2 Å². The van der Waals surface area contributed by atoms with Gasteiger partial charge in [0.25, 0.3) is 0 Å². The molecular weight excluding hydrogens is 482 g/mol. The number of nitrogens with two attached hydrogens (primary N) is 2. The summed E-state index contributed by atoms with van der Waals surface area (Å²) in [5, 5.41) is 4.69. The average Bonchev–Trinajstić information content (AvgIpc) is 2.80. The fourth-order valence-electron chi connectivity index (χ4n) is 2.25. The summed E-state index contributed by atoms with van der Waals surface area (Å²) in [4.78, 5) is 14.2. The van der Waals surface area contributed by atoms with Crippen molar-refractivity contribution in [2.24, 2.45) is 10.7 Å². The van der Waals surface area contributed by atoms with Gasteiger partial charge in [-0.05, 0) is 48.7 Å². The number of nitrogen functional groups attached to an aromatic ring is 1. The van der Waals surface area contributed by atoms with Crippen LogP contribution in [0, 0.1) is 17.7 Å². The highest BCUT2D eigenvalue weighted by atomic mass is 32.1. The zero-order valence-electron chi connectivity index (χ0n) is 18.2. The maximum atomic E-state index is 12.8. The molecule has 0 saturated heterocycles. The molecular formula is C23H21F2N4O3S2+. The van der Waals surface area contributed by atoms with Crippen molar-refractivity contribution in [3.05, 3.63) is 84.0 Å². The maximum absolute atomic E-state index is 12.8. The van der Waals surface area contributed by atoms with Gasteiger partial charge < -0.3 is 26.3 Å². The van der Waals surface area contributed by atoms with Gasteiger partial charge in [-0.3, -0.25) is 0 Å². The third-order valence-electron chi connectivity index (χ3n) is 3.71. The summed E-state index contributed by atoms with van der Waals surface area (Å²) in [6.07, 6.45) is 9.38. The van der Waals surface area contributed by atoms with E-state index in [0.717, 1.165) is 0 Å². The number of methoxy groups -OCH3 is 2. The summed E-state index contributed by atoms with van der Waals surface area (Å²) in [7, 11) is 2.97. The number of aliphatic imine (C=N–C) groups is 1. The number of hydrogen-bond donors (Lipinski definition) is 3. The van der Waals surface area contributed by atoms with Gasteiger partial charge in [-0.15, -0.1) is 4.99 Å². The molecule has 0 aromatic heterocycles. The van der Waals surface area contributed by atoms with E-state index < -0.39 is 0 Å². The number of carbonyl (C=O) groups is 1. The van der Waals surface area contributed by atoms with Gasteiger partial charge in [-0.1, -0.05) is 0 Å². The minimum absolute atomic E-state index is 0.0731. The number of isothiocyanates is 1. The van der Waals surface area contributed by atoms with E-state index in [1.54, 1.807) is 24.3 Å². The van der Waals surface area contributed by atoms with E-state index in [-0.39, 0.29) is 22.7 Å². The molecule has 176 valence electrons. The van der Waals surface area contributed by atoms with Crippen LogP contribution in [0.25, 0.3) is 0 Å². The minimum Gasteiger partial charge on any atom is -0.495 e. The van der Waals surface area contributed by atoms with Crippen molar-refractivity contribution in [1.82, 2.24) is 0 Å². The Morgan fingerprint density at radius 3 is 2.24 bits per heavy atom. The molecule has 0 saturated carbocycles. The highest BCUT2D eigenvalue weighted by Crippen LogP contribution is 2.24. The Morgan fingerprint density at radius 2 is 1.74 bits per heavy atom. The van der Waals surface area contributed by atoms with Crippen molar-refractivity contribution in [2.75, 3.05) is 25.3 Å². The molecule has 0 unspecified atom stereocenters. The average molecular weight is 504 g/mol. The second kappa shape index (κ2) is 14.9. The largest absolute Gasteiger partial charge is 0.495 e. The molecule has 34 heavy (non-hydrogen) atoms. The van der Waals surface area contributed by atoms with Crippen molar-refractivity contribution in [3.63, 3.8) is 0 Å². The molecule has 0 heterocycles. The first kappa shape index (κ1) is 28.0. The van der Waals surface area contributed by atoms with Gasteiger partial charge in [-0.25, -0.2) is 13.6 Å². The van der Waals surface area contributed by atoms with Gasteiger partial charge in [0.2, 0.25) is 0 Å². The Kier molecular flexibility index (Phi) is 12.3. The van der Waals surface area contributed by atoms with Crippen molar-refractivity contribution in [2.45, 2.75) is 0 Å².